The number of hydrogen-bond acceptors (Lipinski definition) is 5. The van der Waals surface area contributed by atoms with Crippen molar-refractivity contribution >= 4 is 50.7 Å². The van der Waals surface area contributed by atoms with Gasteiger partial charge in [-0.2, -0.15) is 0 Å². The summed E-state index contributed by atoms with van der Waals surface area (Å²) in [7, 11) is -4.27. The number of carbonyl (C=O) groups is 2. The van der Waals surface area contributed by atoms with E-state index in [0.29, 0.717) is 40.2 Å². The Morgan fingerprint density at radius 2 is 1.48 bits per heavy atom. The van der Waals surface area contributed by atoms with Gasteiger partial charge in [0.1, 0.15) is 18.3 Å². The van der Waals surface area contributed by atoms with Crippen molar-refractivity contribution in [1.29, 1.82) is 0 Å². The van der Waals surface area contributed by atoms with Crippen LogP contribution in [0.25, 0.3) is 0 Å². The van der Waals surface area contributed by atoms with Crippen LogP contribution in [-0.4, -0.2) is 50.9 Å². The first kappa shape index (κ1) is 36.8. The molecule has 1 atom stereocenters. The molecule has 4 rings (SSSR count). The number of rotatable bonds is 15. The number of benzene rings is 4. The summed E-state index contributed by atoms with van der Waals surface area (Å²) < 4.78 is 35.1. The van der Waals surface area contributed by atoms with Gasteiger partial charge in [0.25, 0.3) is 10.0 Å². The van der Waals surface area contributed by atoms with E-state index in [0.717, 1.165) is 15.4 Å². The standard InChI is InChI=1S/C37H41Cl2N3O5S/c1-5-47-30-18-20-31(21-19-30)48(45,46)42(29-16-14-27(4)15-17-29)25-36(43)41(24-32-33(38)12-9-13-34(32)39)35(37(44)40-23-26(2)3)22-28-10-7-6-8-11-28/h6-21,26,35H,5,22-25H2,1-4H3,(H,40,44)/t35-/m1/s1. The minimum absolute atomic E-state index is 0.0180. The molecule has 0 aliphatic heterocycles. The van der Waals surface area contributed by atoms with Crippen LogP contribution >= 0.6 is 23.2 Å². The van der Waals surface area contributed by atoms with Crippen molar-refractivity contribution < 1.29 is 22.7 Å². The molecule has 11 heteroatoms. The number of carbonyl (C=O) groups excluding carboxylic acids is 2. The quantitative estimate of drug-likeness (QED) is 0.140. The van der Waals surface area contributed by atoms with E-state index in [1.807, 2.05) is 58.0 Å². The lowest BCUT2D eigenvalue weighted by atomic mass is 10.0. The lowest BCUT2D eigenvalue weighted by Crippen LogP contribution is -2.53. The van der Waals surface area contributed by atoms with E-state index < -0.39 is 28.5 Å². The van der Waals surface area contributed by atoms with E-state index in [-0.39, 0.29) is 29.7 Å². The molecule has 0 saturated carbocycles. The van der Waals surface area contributed by atoms with Crippen molar-refractivity contribution in [3.63, 3.8) is 0 Å². The zero-order chi connectivity index (χ0) is 34.8. The SMILES string of the molecule is CCOc1ccc(S(=O)(=O)N(CC(=O)N(Cc2c(Cl)cccc2Cl)[C@H](Cc2ccccc2)C(=O)NCC(C)C)c2ccc(C)cc2)cc1. The molecule has 0 heterocycles. The second-order valence-electron chi connectivity index (χ2n) is 11.8. The summed E-state index contributed by atoms with van der Waals surface area (Å²) >= 11 is 13.2. The highest BCUT2D eigenvalue weighted by atomic mass is 35.5. The molecule has 2 amide bonds. The van der Waals surface area contributed by atoms with Gasteiger partial charge in [-0.1, -0.05) is 91.1 Å². The zero-order valence-corrected chi connectivity index (χ0v) is 29.9. The molecule has 0 radical (unpaired) electrons. The molecule has 1 N–H and O–H groups in total. The topological polar surface area (TPSA) is 96.0 Å². The summed E-state index contributed by atoms with van der Waals surface area (Å²) in [5, 5.41) is 3.61. The Kier molecular flexibility index (Phi) is 12.9. The second-order valence-corrected chi connectivity index (χ2v) is 14.5. The largest absolute Gasteiger partial charge is 0.494 e. The predicted molar refractivity (Wildman–Crippen MR) is 192 cm³/mol. The molecule has 254 valence electrons. The van der Waals surface area contributed by atoms with Gasteiger partial charge in [0.05, 0.1) is 17.2 Å². The van der Waals surface area contributed by atoms with Crippen molar-refractivity contribution in [2.45, 2.75) is 51.6 Å². The number of sulfonamides is 1. The minimum Gasteiger partial charge on any atom is -0.494 e. The van der Waals surface area contributed by atoms with Crippen LogP contribution in [0.3, 0.4) is 0 Å². The Morgan fingerprint density at radius 1 is 0.854 bits per heavy atom. The average molecular weight is 711 g/mol. The maximum atomic E-state index is 14.6. The number of nitrogens with zero attached hydrogens (tertiary/aromatic N) is 2. The van der Waals surface area contributed by atoms with Crippen molar-refractivity contribution in [2.24, 2.45) is 5.92 Å². The number of aryl methyl sites for hydroxylation is 1. The Balaban J connectivity index is 1.82. The van der Waals surface area contributed by atoms with E-state index in [2.05, 4.69) is 5.32 Å². The summed E-state index contributed by atoms with van der Waals surface area (Å²) in [4.78, 5) is 29.9. The molecule has 8 nitrogen and oxygen atoms in total. The van der Waals surface area contributed by atoms with Gasteiger partial charge < -0.3 is 15.0 Å². The molecular weight excluding hydrogens is 669 g/mol. The highest BCUT2D eigenvalue weighted by Gasteiger charge is 2.35. The van der Waals surface area contributed by atoms with Crippen LogP contribution < -0.4 is 14.4 Å². The molecule has 0 bridgehead atoms. The smallest absolute Gasteiger partial charge is 0.264 e. The van der Waals surface area contributed by atoms with Gasteiger partial charge in [-0.15, -0.1) is 0 Å². The van der Waals surface area contributed by atoms with Crippen LogP contribution in [0.1, 0.15) is 37.5 Å². The lowest BCUT2D eigenvalue weighted by Gasteiger charge is -2.34. The normalized spacial score (nSPS) is 12.0. The minimum atomic E-state index is -4.27. The Hall–Kier alpha value is -4.05. The van der Waals surface area contributed by atoms with Crippen molar-refractivity contribution in [2.75, 3.05) is 24.0 Å². The molecular formula is C37H41Cl2N3O5S. The number of nitrogens with one attached hydrogen (secondary N) is 1. The first-order chi connectivity index (χ1) is 22.9. The number of ether oxygens (including phenoxy) is 1. The van der Waals surface area contributed by atoms with Crippen LogP contribution in [0, 0.1) is 12.8 Å². The maximum absolute atomic E-state index is 14.6. The number of anilines is 1. The molecule has 0 spiro atoms. The molecule has 4 aromatic carbocycles. The highest BCUT2D eigenvalue weighted by Crippen LogP contribution is 2.29. The molecule has 0 aliphatic carbocycles. The second kappa shape index (κ2) is 16.9. The van der Waals surface area contributed by atoms with Gasteiger partial charge in [0.15, 0.2) is 0 Å². The lowest BCUT2D eigenvalue weighted by molar-refractivity contribution is -0.140. The molecule has 0 aromatic heterocycles. The molecule has 0 unspecified atom stereocenters. The zero-order valence-electron chi connectivity index (χ0n) is 27.5. The van der Waals surface area contributed by atoms with Gasteiger partial charge in [0.2, 0.25) is 11.8 Å². The van der Waals surface area contributed by atoms with Crippen molar-refractivity contribution in [1.82, 2.24) is 10.2 Å². The fraction of sp³-hybridized carbons (Fsp3) is 0.297. The molecule has 48 heavy (non-hydrogen) atoms. The predicted octanol–water partition coefficient (Wildman–Crippen LogP) is 7.31. The van der Waals surface area contributed by atoms with Gasteiger partial charge in [-0.25, -0.2) is 8.42 Å². The monoisotopic (exact) mass is 709 g/mol. The first-order valence-electron chi connectivity index (χ1n) is 15.8. The Labute approximate surface area is 293 Å². The summed E-state index contributed by atoms with van der Waals surface area (Å²) in [5.74, 6) is -0.305. The molecule has 4 aromatic rings. The number of hydrogen-bond donors (Lipinski definition) is 1. The Morgan fingerprint density at radius 3 is 2.06 bits per heavy atom. The fourth-order valence-corrected chi connectivity index (χ4v) is 7.00. The van der Waals surface area contributed by atoms with Crippen LogP contribution in [0.5, 0.6) is 5.75 Å². The first-order valence-corrected chi connectivity index (χ1v) is 18.0. The number of halogens is 2. The summed E-state index contributed by atoms with van der Waals surface area (Å²) in [6.07, 6.45) is 0.175. The summed E-state index contributed by atoms with van der Waals surface area (Å²) in [6.45, 7) is 7.77. The maximum Gasteiger partial charge on any atom is 0.264 e. The molecule has 0 fully saturated rings. The van der Waals surface area contributed by atoms with Gasteiger partial charge in [-0.05, 0) is 73.9 Å². The van der Waals surface area contributed by atoms with Crippen LogP contribution in [0.4, 0.5) is 5.69 Å². The van der Waals surface area contributed by atoms with Gasteiger partial charge in [-0.3, -0.25) is 13.9 Å². The third-order valence-corrected chi connectivity index (χ3v) is 10.2. The van der Waals surface area contributed by atoms with Gasteiger partial charge >= 0.3 is 0 Å². The third kappa shape index (κ3) is 9.52. The van der Waals surface area contributed by atoms with Crippen LogP contribution in [0.2, 0.25) is 10.0 Å². The number of amides is 2. The Bertz CT molecular complexity index is 1760. The fourth-order valence-electron chi connectivity index (χ4n) is 5.07. The van der Waals surface area contributed by atoms with E-state index >= 15 is 0 Å². The van der Waals surface area contributed by atoms with Crippen LogP contribution in [-0.2, 0) is 32.6 Å². The molecule has 0 saturated heterocycles. The third-order valence-electron chi connectivity index (χ3n) is 7.67. The summed E-state index contributed by atoms with van der Waals surface area (Å²) in [5.41, 5.74) is 2.48. The molecule has 0 aliphatic rings. The van der Waals surface area contributed by atoms with E-state index in [1.54, 1.807) is 54.6 Å². The van der Waals surface area contributed by atoms with Crippen LogP contribution in [0.15, 0.2) is 102 Å². The highest BCUT2D eigenvalue weighted by molar-refractivity contribution is 7.92. The summed E-state index contributed by atoms with van der Waals surface area (Å²) in [6, 6.07) is 26.3. The van der Waals surface area contributed by atoms with Gasteiger partial charge in [0, 0.05) is 35.1 Å². The van der Waals surface area contributed by atoms with E-state index in [1.165, 1.54) is 17.0 Å². The van der Waals surface area contributed by atoms with Crippen molar-refractivity contribution in [3.05, 3.63) is 124 Å². The van der Waals surface area contributed by atoms with E-state index in [4.69, 9.17) is 27.9 Å². The average Bonchev–Trinajstić information content (AvgIpc) is 3.06. The van der Waals surface area contributed by atoms with E-state index in [9.17, 15) is 18.0 Å². The van der Waals surface area contributed by atoms with Crippen molar-refractivity contribution in [3.8, 4) is 5.75 Å².